The van der Waals surface area contributed by atoms with Gasteiger partial charge in [0.15, 0.2) is 0 Å². The van der Waals surface area contributed by atoms with Gasteiger partial charge in [-0.2, -0.15) is 0 Å². The Morgan fingerprint density at radius 1 is 0.619 bits per heavy atom. The van der Waals surface area contributed by atoms with Crippen molar-refractivity contribution >= 4 is 32.4 Å². The van der Waals surface area contributed by atoms with Crippen LogP contribution in [-0.4, -0.2) is 4.98 Å². The first-order chi connectivity index (χ1) is 10.4. The molecule has 0 saturated carbocycles. The van der Waals surface area contributed by atoms with E-state index >= 15 is 0 Å². The summed E-state index contributed by atoms with van der Waals surface area (Å²) in [6.45, 7) is 0. The first kappa shape index (κ1) is 10.9. The van der Waals surface area contributed by atoms with Crippen LogP contribution in [0.4, 0.5) is 0 Å². The molecule has 21 heavy (non-hydrogen) atoms. The molecule has 1 aliphatic heterocycles. The normalized spacial score (nSPS) is 11.8. The second-order valence-electron chi connectivity index (χ2n) is 5.56. The first-order valence-electron chi connectivity index (χ1n) is 7.22. The molecule has 1 nitrogen and oxygen atoms in total. The highest BCUT2D eigenvalue weighted by atomic mass is 14.7. The highest BCUT2D eigenvalue weighted by Gasteiger charge is 2.12. The molecule has 0 atom stereocenters. The summed E-state index contributed by atoms with van der Waals surface area (Å²) in [6.07, 6.45) is 2.09. The molecule has 0 spiro atoms. The maximum atomic E-state index is 3.44. The van der Waals surface area contributed by atoms with E-state index in [1.807, 2.05) is 0 Å². The van der Waals surface area contributed by atoms with E-state index in [0.29, 0.717) is 0 Å². The van der Waals surface area contributed by atoms with Gasteiger partial charge in [-0.05, 0) is 38.7 Å². The van der Waals surface area contributed by atoms with Crippen molar-refractivity contribution in [3.63, 3.8) is 0 Å². The van der Waals surface area contributed by atoms with Crippen molar-refractivity contribution in [2.24, 2.45) is 0 Å². The van der Waals surface area contributed by atoms with Gasteiger partial charge in [-0.25, -0.2) is 0 Å². The van der Waals surface area contributed by atoms with E-state index in [1.165, 1.54) is 43.6 Å². The third-order valence-electron chi connectivity index (χ3n) is 4.41. The predicted molar refractivity (Wildman–Crippen MR) is 89.9 cm³/mol. The molecule has 1 heterocycles. The highest BCUT2D eigenvalue weighted by Crippen LogP contribution is 2.38. The van der Waals surface area contributed by atoms with Crippen molar-refractivity contribution in [1.29, 1.82) is 0 Å². The lowest BCUT2D eigenvalue weighted by molar-refractivity contribution is 1.42. The van der Waals surface area contributed by atoms with Crippen LogP contribution in [0, 0.1) is 0 Å². The smallest absolute Gasteiger partial charge is 0.0466 e. The summed E-state index contributed by atoms with van der Waals surface area (Å²) < 4.78 is 0. The van der Waals surface area contributed by atoms with Crippen molar-refractivity contribution in [2.75, 3.05) is 0 Å². The molecular formula is C20H13N. The molecule has 0 bridgehead atoms. The maximum Gasteiger partial charge on any atom is 0.0466 e. The summed E-state index contributed by atoms with van der Waals surface area (Å²) >= 11 is 0. The third-order valence-corrected chi connectivity index (χ3v) is 4.41. The Balaban J connectivity index is 2.17. The van der Waals surface area contributed by atoms with Crippen molar-refractivity contribution in [2.45, 2.75) is 0 Å². The number of pyridine rings is 1. The summed E-state index contributed by atoms with van der Waals surface area (Å²) in [6, 6.07) is 23.9. The summed E-state index contributed by atoms with van der Waals surface area (Å²) in [5.74, 6) is 0. The van der Waals surface area contributed by atoms with Crippen molar-refractivity contribution in [3.05, 3.63) is 72.9 Å². The van der Waals surface area contributed by atoms with Crippen LogP contribution in [-0.2, 0) is 0 Å². The second-order valence-corrected chi connectivity index (χ2v) is 5.56. The Bertz CT molecular complexity index is 1080. The molecule has 98 valence electrons. The minimum absolute atomic E-state index is 1.19. The van der Waals surface area contributed by atoms with E-state index in [4.69, 9.17) is 0 Å². The SMILES string of the molecule is c1cc2c[nH]c3ccc4ccc5ccccc5c4c3c-2c1. The fourth-order valence-corrected chi connectivity index (χ4v) is 3.44. The van der Waals surface area contributed by atoms with E-state index in [-0.39, 0.29) is 0 Å². The Labute approximate surface area is 122 Å². The monoisotopic (exact) mass is 267 g/mol. The molecule has 1 N–H and O–H groups in total. The van der Waals surface area contributed by atoms with Crippen molar-refractivity contribution in [3.8, 4) is 11.1 Å². The standard InChI is InChI=1S/C20H13N/c1-2-6-16-13(4-1)8-9-14-10-11-18-20(19(14)16)17-7-3-5-15(17)12-21-18/h1-12,21H. The molecule has 2 aliphatic rings. The van der Waals surface area contributed by atoms with Crippen molar-refractivity contribution in [1.82, 2.24) is 4.98 Å². The summed E-state index contributed by atoms with van der Waals surface area (Å²) in [5, 5.41) is 6.58. The van der Waals surface area contributed by atoms with E-state index < -0.39 is 0 Å². The molecule has 0 amide bonds. The number of rotatable bonds is 0. The Morgan fingerprint density at radius 2 is 1.48 bits per heavy atom. The average Bonchev–Trinajstić information content (AvgIpc) is 3.02. The number of aromatic nitrogens is 1. The zero-order valence-electron chi connectivity index (χ0n) is 11.4. The number of fused-ring (bicyclic) bond motifs is 7. The largest absolute Gasteiger partial charge is 0.361 e. The van der Waals surface area contributed by atoms with E-state index in [9.17, 15) is 0 Å². The molecule has 3 aromatic carbocycles. The predicted octanol–water partition coefficient (Wildman–Crippen LogP) is 5.58. The molecule has 0 saturated heterocycles. The zero-order chi connectivity index (χ0) is 13.8. The van der Waals surface area contributed by atoms with Gasteiger partial charge in [-0.15, -0.1) is 0 Å². The molecule has 5 rings (SSSR count). The van der Waals surface area contributed by atoms with Gasteiger partial charge in [-0.3, -0.25) is 0 Å². The Morgan fingerprint density at radius 3 is 2.48 bits per heavy atom. The van der Waals surface area contributed by atoms with Gasteiger partial charge in [0.25, 0.3) is 0 Å². The fraction of sp³-hybridized carbons (Fsp3) is 0. The van der Waals surface area contributed by atoms with Gasteiger partial charge in [0, 0.05) is 17.1 Å². The molecule has 0 fully saturated rings. The molecular weight excluding hydrogens is 254 g/mol. The second kappa shape index (κ2) is 3.86. The lowest BCUT2D eigenvalue weighted by Crippen LogP contribution is -1.87. The van der Waals surface area contributed by atoms with Gasteiger partial charge in [0.2, 0.25) is 0 Å². The lowest BCUT2D eigenvalue weighted by atomic mass is 9.95. The molecule has 0 aromatic heterocycles. The molecule has 0 radical (unpaired) electrons. The summed E-state index contributed by atoms with van der Waals surface area (Å²) in [7, 11) is 0. The highest BCUT2D eigenvalue weighted by molar-refractivity contribution is 6.23. The average molecular weight is 267 g/mol. The fourth-order valence-electron chi connectivity index (χ4n) is 3.44. The number of H-pyrrole nitrogens is 1. The van der Waals surface area contributed by atoms with Gasteiger partial charge in [-0.1, -0.05) is 60.7 Å². The van der Waals surface area contributed by atoms with Crippen LogP contribution in [0.3, 0.4) is 0 Å². The minimum Gasteiger partial charge on any atom is -0.361 e. The first-order valence-corrected chi connectivity index (χ1v) is 7.22. The van der Waals surface area contributed by atoms with Gasteiger partial charge < -0.3 is 4.98 Å². The van der Waals surface area contributed by atoms with Gasteiger partial charge in [0.05, 0.1) is 0 Å². The summed E-state index contributed by atoms with van der Waals surface area (Å²) in [5.41, 5.74) is 3.78. The van der Waals surface area contributed by atoms with E-state index in [2.05, 4.69) is 77.9 Å². The van der Waals surface area contributed by atoms with Gasteiger partial charge >= 0.3 is 0 Å². The molecule has 1 heteroatoms. The molecule has 1 aliphatic carbocycles. The van der Waals surface area contributed by atoms with Crippen LogP contribution in [0.2, 0.25) is 0 Å². The molecule has 3 aromatic rings. The summed E-state index contributed by atoms with van der Waals surface area (Å²) in [4.78, 5) is 3.44. The zero-order valence-corrected chi connectivity index (χ0v) is 11.4. The van der Waals surface area contributed by atoms with Gasteiger partial charge in [0.1, 0.15) is 0 Å². The topological polar surface area (TPSA) is 15.8 Å². The Hall–Kier alpha value is -2.80. The number of benzene rings is 3. The minimum atomic E-state index is 1.19. The van der Waals surface area contributed by atoms with Crippen molar-refractivity contribution < 1.29 is 0 Å². The third kappa shape index (κ3) is 1.40. The van der Waals surface area contributed by atoms with Crippen LogP contribution in [0.15, 0.2) is 72.9 Å². The number of aromatic amines is 1. The van der Waals surface area contributed by atoms with Crippen LogP contribution in [0.1, 0.15) is 0 Å². The van der Waals surface area contributed by atoms with Crippen LogP contribution in [0.25, 0.3) is 43.6 Å². The van der Waals surface area contributed by atoms with E-state index in [0.717, 1.165) is 0 Å². The van der Waals surface area contributed by atoms with Crippen LogP contribution < -0.4 is 0 Å². The quantitative estimate of drug-likeness (QED) is 0.352. The Kier molecular flexibility index (Phi) is 2.01. The van der Waals surface area contributed by atoms with E-state index in [1.54, 1.807) is 0 Å². The lowest BCUT2D eigenvalue weighted by Gasteiger charge is -2.11. The maximum absolute atomic E-state index is 3.44. The molecule has 0 unspecified atom stereocenters. The number of hydrogen-bond donors (Lipinski definition) is 1. The number of nitrogens with one attached hydrogen (secondary N) is 1. The van der Waals surface area contributed by atoms with Crippen LogP contribution in [0.5, 0.6) is 0 Å². The number of hydrogen-bond acceptors (Lipinski definition) is 0. The van der Waals surface area contributed by atoms with Crippen LogP contribution >= 0.6 is 0 Å².